The van der Waals surface area contributed by atoms with Gasteiger partial charge in [-0.25, -0.2) is 0 Å². The van der Waals surface area contributed by atoms with Crippen molar-refractivity contribution in [3.63, 3.8) is 0 Å². The van der Waals surface area contributed by atoms with Crippen LogP contribution in [0.1, 0.15) is 38.7 Å². The van der Waals surface area contributed by atoms with Gasteiger partial charge in [0.05, 0.1) is 6.04 Å². The van der Waals surface area contributed by atoms with E-state index >= 15 is 0 Å². The number of anilines is 1. The number of carbonyl (C=O) groups excluding carboxylic acids is 1. The molecule has 0 spiro atoms. The normalized spacial score (nSPS) is 20.9. The molecule has 1 amide bonds. The van der Waals surface area contributed by atoms with Crippen molar-refractivity contribution in [2.24, 2.45) is 0 Å². The quantitative estimate of drug-likeness (QED) is 0.841. The number of aryl methyl sites for hydroxylation is 1. The number of hydrogen-bond donors (Lipinski definition) is 0. The van der Waals surface area contributed by atoms with Gasteiger partial charge in [-0.3, -0.25) is 9.69 Å². The van der Waals surface area contributed by atoms with Gasteiger partial charge in [-0.1, -0.05) is 25.1 Å². The molecule has 1 aliphatic rings. The number of carbonyl (C=O) groups is 1. The van der Waals surface area contributed by atoms with E-state index in [9.17, 15) is 4.79 Å². The van der Waals surface area contributed by atoms with E-state index in [-0.39, 0.29) is 11.9 Å². The van der Waals surface area contributed by atoms with Crippen molar-refractivity contribution in [2.75, 3.05) is 18.5 Å². The van der Waals surface area contributed by atoms with Crippen LogP contribution in [0.5, 0.6) is 0 Å². The maximum atomic E-state index is 12.8. The first-order valence-electron chi connectivity index (χ1n) is 7.65. The summed E-state index contributed by atoms with van der Waals surface area (Å²) in [5, 5.41) is 0. The lowest BCUT2D eigenvalue weighted by atomic mass is 10.1. The molecule has 1 saturated heterocycles. The number of rotatable bonds is 4. The molecule has 3 nitrogen and oxygen atoms in total. The zero-order chi connectivity index (χ0) is 14.7. The number of likely N-dealkylation sites (tertiary alicyclic amines) is 1. The number of likely N-dealkylation sites (N-methyl/N-ethyl adjacent to an activating group) is 1. The van der Waals surface area contributed by atoms with Crippen LogP contribution in [0.2, 0.25) is 0 Å². The third-order valence-corrected chi connectivity index (χ3v) is 4.54. The maximum absolute atomic E-state index is 12.8. The van der Waals surface area contributed by atoms with Crippen molar-refractivity contribution in [2.45, 2.75) is 52.1 Å². The number of amides is 1. The summed E-state index contributed by atoms with van der Waals surface area (Å²) in [7, 11) is 1.90. The topological polar surface area (TPSA) is 23.6 Å². The van der Waals surface area contributed by atoms with Gasteiger partial charge in [-0.2, -0.15) is 0 Å². The van der Waals surface area contributed by atoms with Crippen molar-refractivity contribution in [1.29, 1.82) is 0 Å². The molecule has 0 aliphatic carbocycles. The van der Waals surface area contributed by atoms with Gasteiger partial charge in [-0.05, 0) is 51.3 Å². The molecule has 110 valence electrons. The standard InChI is InChI=1S/C17H26N2O/c1-5-14(3)19-12-8-11-16(19)17(20)18(4)15-10-7-6-9-13(15)2/h6-7,9-10,14,16H,5,8,11-12H2,1-4H3. The molecule has 0 radical (unpaired) electrons. The van der Waals surface area contributed by atoms with Crippen molar-refractivity contribution in [1.82, 2.24) is 4.90 Å². The summed E-state index contributed by atoms with van der Waals surface area (Å²) >= 11 is 0. The molecule has 0 saturated carbocycles. The second-order valence-electron chi connectivity index (χ2n) is 5.84. The molecule has 0 N–H and O–H groups in total. The van der Waals surface area contributed by atoms with Gasteiger partial charge in [0.1, 0.15) is 0 Å². The van der Waals surface area contributed by atoms with Gasteiger partial charge >= 0.3 is 0 Å². The van der Waals surface area contributed by atoms with Crippen LogP contribution in [0, 0.1) is 6.92 Å². The summed E-state index contributed by atoms with van der Waals surface area (Å²) in [5.41, 5.74) is 2.17. The van der Waals surface area contributed by atoms with Crippen LogP contribution in [0.3, 0.4) is 0 Å². The smallest absolute Gasteiger partial charge is 0.244 e. The highest BCUT2D eigenvalue weighted by Crippen LogP contribution is 2.26. The Kier molecular flexibility index (Phi) is 4.81. The minimum atomic E-state index is 0.0505. The lowest BCUT2D eigenvalue weighted by Gasteiger charge is -2.32. The fourth-order valence-electron chi connectivity index (χ4n) is 3.10. The largest absolute Gasteiger partial charge is 0.314 e. The van der Waals surface area contributed by atoms with Crippen LogP contribution in [0.15, 0.2) is 24.3 Å². The molecule has 2 unspecified atom stereocenters. The van der Waals surface area contributed by atoms with Crippen LogP contribution in [0.25, 0.3) is 0 Å². The van der Waals surface area contributed by atoms with Crippen molar-refractivity contribution in [3.8, 4) is 0 Å². The third-order valence-electron chi connectivity index (χ3n) is 4.54. The average Bonchev–Trinajstić information content (AvgIpc) is 2.94. The Morgan fingerprint density at radius 3 is 2.80 bits per heavy atom. The highest BCUT2D eigenvalue weighted by atomic mass is 16.2. The molecular formula is C17H26N2O. The maximum Gasteiger partial charge on any atom is 0.244 e. The summed E-state index contributed by atoms with van der Waals surface area (Å²) < 4.78 is 0. The van der Waals surface area contributed by atoms with Crippen LogP contribution in [0.4, 0.5) is 5.69 Å². The summed E-state index contributed by atoms with van der Waals surface area (Å²) in [6.45, 7) is 7.52. The van der Waals surface area contributed by atoms with E-state index in [0.717, 1.165) is 37.1 Å². The van der Waals surface area contributed by atoms with Crippen LogP contribution < -0.4 is 4.90 Å². The number of para-hydroxylation sites is 1. The minimum absolute atomic E-state index is 0.0505. The molecule has 2 atom stereocenters. The van der Waals surface area contributed by atoms with Gasteiger partial charge < -0.3 is 4.90 Å². The first-order chi connectivity index (χ1) is 9.56. The summed E-state index contributed by atoms with van der Waals surface area (Å²) in [6, 6.07) is 8.62. The van der Waals surface area contributed by atoms with Gasteiger partial charge in [0.2, 0.25) is 5.91 Å². The number of benzene rings is 1. The second kappa shape index (κ2) is 6.40. The Labute approximate surface area is 122 Å². The van der Waals surface area contributed by atoms with E-state index in [1.165, 1.54) is 0 Å². The lowest BCUT2D eigenvalue weighted by molar-refractivity contribution is -0.123. The van der Waals surface area contributed by atoms with E-state index in [1.54, 1.807) is 0 Å². The fraction of sp³-hybridized carbons (Fsp3) is 0.588. The van der Waals surface area contributed by atoms with E-state index in [2.05, 4.69) is 31.7 Å². The Hall–Kier alpha value is -1.35. The molecule has 1 fully saturated rings. The van der Waals surface area contributed by atoms with Gasteiger partial charge in [-0.15, -0.1) is 0 Å². The van der Waals surface area contributed by atoms with E-state index in [1.807, 2.05) is 30.1 Å². The summed E-state index contributed by atoms with van der Waals surface area (Å²) in [4.78, 5) is 17.0. The zero-order valence-corrected chi connectivity index (χ0v) is 13.1. The minimum Gasteiger partial charge on any atom is -0.314 e. The monoisotopic (exact) mass is 274 g/mol. The molecular weight excluding hydrogens is 248 g/mol. The van der Waals surface area contributed by atoms with Crippen LogP contribution in [-0.2, 0) is 4.79 Å². The lowest BCUT2D eigenvalue weighted by Crippen LogP contribution is -2.47. The molecule has 1 aromatic carbocycles. The van der Waals surface area contributed by atoms with Crippen LogP contribution in [-0.4, -0.2) is 36.5 Å². The predicted molar refractivity (Wildman–Crippen MR) is 84.1 cm³/mol. The number of nitrogens with zero attached hydrogens (tertiary/aromatic N) is 2. The van der Waals surface area contributed by atoms with Crippen molar-refractivity contribution >= 4 is 11.6 Å². The van der Waals surface area contributed by atoms with Gasteiger partial charge in [0, 0.05) is 18.8 Å². The average molecular weight is 274 g/mol. The highest BCUT2D eigenvalue weighted by molar-refractivity contribution is 5.97. The SMILES string of the molecule is CCC(C)N1CCCC1C(=O)N(C)c1ccccc1C. The second-order valence-corrected chi connectivity index (χ2v) is 5.84. The van der Waals surface area contributed by atoms with E-state index < -0.39 is 0 Å². The summed E-state index contributed by atoms with van der Waals surface area (Å²) in [6.07, 6.45) is 3.21. The Morgan fingerprint density at radius 2 is 2.15 bits per heavy atom. The fourth-order valence-corrected chi connectivity index (χ4v) is 3.10. The molecule has 0 bridgehead atoms. The predicted octanol–water partition coefficient (Wildman–Crippen LogP) is 3.22. The molecule has 0 aromatic heterocycles. The Bertz CT molecular complexity index is 472. The van der Waals surface area contributed by atoms with Crippen LogP contribution >= 0.6 is 0 Å². The molecule has 2 rings (SSSR count). The van der Waals surface area contributed by atoms with Crippen molar-refractivity contribution < 1.29 is 4.79 Å². The van der Waals surface area contributed by atoms with Gasteiger partial charge in [0.15, 0.2) is 0 Å². The Balaban J connectivity index is 2.16. The molecule has 1 aromatic rings. The first-order valence-corrected chi connectivity index (χ1v) is 7.65. The first kappa shape index (κ1) is 15.0. The molecule has 3 heteroatoms. The molecule has 20 heavy (non-hydrogen) atoms. The summed E-state index contributed by atoms with van der Waals surface area (Å²) in [5.74, 6) is 0.233. The highest BCUT2D eigenvalue weighted by Gasteiger charge is 2.35. The number of hydrogen-bond acceptors (Lipinski definition) is 2. The Morgan fingerprint density at radius 1 is 1.45 bits per heavy atom. The molecule has 1 aliphatic heterocycles. The zero-order valence-electron chi connectivity index (χ0n) is 13.1. The van der Waals surface area contributed by atoms with E-state index in [0.29, 0.717) is 6.04 Å². The third kappa shape index (κ3) is 2.88. The van der Waals surface area contributed by atoms with Gasteiger partial charge in [0.25, 0.3) is 0 Å². The van der Waals surface area contributed by atoms with Crippen molar-refractivity contribution in [3.05, 3.63) is 29.8 Å². The molecule has 1 heterocycles. The van der Waals surface area contributed by atoms with E-state index in [4.69, 9.17) is 0 Å².